The smallest absolute Gasteiger partial charge is 0.328 e. The maximum absolute atomic E-state index is 10.4. The molecule has 0 aliphatic heterocycles. The van der Waals surface area contributed by atoms with E-state index in [4.69, 9.17) is 16.7 Å². The molecule has 0 radical (unpaired) electrons. The molecule has 15 heavy (non-hydrogen) atoms. The van der Waals surface area contributed by atoms with Gasteiger partial charge < -0.3 is 5.11 Å². The van der Waals surface area contributed by atoms with Crippen molar-refractivity contribution in [2.75, 3.05) is 0 Å². The minimum Gasteiger partial charge on any atom is -0.478 e. The summed E-state index contributed by atoms with van der Waals surface area (Å²) < 4.78 is 0. The molecule has 1 N–H and O–H groups in total. The summed E-state index contributed by atoms with van der Waals surface area (Å²) in [6, 6.07) is 7.64. The third kappa shape index (κ3) is 4.17. The molecule has 3 heteroatoms. The number of alkyl halides is 1. The van der Waals surface area contributed by atoms with Crippen LogP contribution in [0.1, 0.15) is 18.1 Å². The van der Waals surface area contributed by atoms with E-state index < -0.39 is 5.97 Å². The van der Waals surface area contributed by atoms with E-state index in [9.17, 15) is 4.79 Å². The molecule has 0 amide bonds. The molecular formula is C12H13ClO2. The first-order chi connectivity index (χ1) is 7.09. The number of aliphatic carboxylic acids is 1. The van der Waals surface area contributed by atoms with Crippen molar-refractivity contribution in [3.63, 3.8) is 0 Å². The van der Waals surface area contributed by atoms with E-state index in [1.165, 1.54) is 0 Å². The lowest BCUT2D eigenvalue weighted by atomic mass is 10.0. The van der Waals surface area contributed by atoms with Crippen LogP contribution >= 0.6 is 11.6 Å². The first-order valence-corrected chi connectivity index (χ1v) is 5.16. The van der Waals surface area contributed by atoms with Crippen LogP contribution in [0, 0.1) is 0 Å². The normalized spacial score (nSPS) is 12.9. The Morgan fingerprint density at radius 3 is 2.80 bits per heavy atom. The third-order valence-electron chi connectivity index (χ3n) is 1.96. The Morgan fingerprint density at radius 2 is 2.20 bits per heavy atom. The first kappa shape index (κ1) is 11.8. The van der Waals surface area contributed by atoms with Gasteiger partial charge in [0.05, 0.1) is 0 Å². The lowest BCUT2D eigenvalue weighted by Crippen LogP contribution is -1.99. The lowest BCUT2D eigenvalue weighted by Gasteiger charge is -2.06. The molecule has 2 nitrogen and oxygen atoms in total. The number of rotatable bonds is 4. The van der Waals surface area contributed by atoms with Crippen molar-refractivity contribution < 1.29 is 9.90 Å². The van der Waals surface area contributed by atoms with Crippen LogP contribution in [-0.4, -0.2) is 16.5 Å². The average molecular weight is 225 g/mol. The molecule has 1 unspecified atom stereocenters. The third-order valence-corrected chi connectivity index (χ3v) is 2.12. The van der Waals surface area contributed by atoms with E-state index in [0.717, 1.165) is 23.6 Å². The SMILES string of the molecule is CC(Cl)Cc1ccccc1/C=C/C(=O)O. The van der Waals surface area contributed by atoms with Gasteiger partial charge in [-0.3, -0.25) is 0 Å². The van der Waals surface area contributed by atoms with Crippen LogP contribution in [0.25, 0.3) is 6.08 Å². The molecule has 1 rings (SSSR count). The molecule has 80 valence electrons. The average Bonchev–Trinajstić information content (AvgIpc) is 2.15. The van der Waals surface area contributed by atoms with E-state index in [2.05, 4.69) is 0 Å². The summed E-state index contributed by atoms with van der Waals surface area (Å²) in [5.74, 6) is -0.941. The number of hydrogen-bond donors (Lipinski definition) is 1. The highest BCUT2D eigenvalue weighted by molar-refractivity contribution is 6.20. The molecule has 0 saturated carbocycles. The zero-order valence-corrected chi connectivity index (χ0v) is 9.24. The van der Waals surface area contributed by atoms with Crippen LogP contribution in [-0.2, 0) is 11.2 Å². The Kier molecular flexibility index (Phi) is 4.37. The Balaban J connectivity index is 2.91. The van der Waals surface area contributed by atoms with Crippen molar-refractivity contribution in [3.05, 3.63) is 41.5 Å². The van der Waals surface area contributed by atoms with Gasteiger partial charge in [-0.15, -0.1) is 11.6 Å². The van der Waals surface area contributed by atoms with Crippen LogP contribution in [0.2, 0.25) is 0 Å². The topological polar surface area (TPSA) is 37.3 Å². The van der Waals surface area contributed by atoms with Crippen LogP contribution in [0.4, 0.5) is 0 Å². The van der Waals surface area contributed by atoms with Gasteiger partial charge in [0.25, 0.3) is 0 Å². The molecular weight excluding hydrogens is 212 g/mol. The molecule has 1 aromatic rings. The molecule has 0 fully saturated rings. The monoisotopic (exact) mass is 224 g/mol. The van der Waals surface area contributed by atoms with Crippen LogP contribution in [0.5, 0.6) is 0 Å². The summed E-state index contributed by atoms with van der Waals surface area (Å²) in [6.45, 7) is 1.92. The van der Waals surface area contributed by atoms with Gasteiger partial charge in [-0.2, -0.15) is 0 Å². The van der Waals surface area contributed by atoms with Crippen LogP contribution in [0.15, 0.2) is 30.3 Å². The Morgan fingerprint density at radius 1 is 1.53 bits per heavy atom. The van der Waals surface area contributed by atoms with Crippen molar-refractivity contribution in [2.45, 2.75) is 18.7 Å². The first-order valence-electron chi connectivity index (χ1n) is 4.72. The fourth-order valence-corrected chi connectivity index (χ4v) is 1.51. The minimum atomic E-state index is -0.941. The van der Waals surface area contributed by atoms with Crippen molar-refractivity contribution in [1.29, 1.82) is 0 Å². The number of carbonyl (C=O) groups is 1. The quantitative estimate of drug-likeness (QED) is 0.631. The highest BCUT2D eigenvalue weighted by Gasteiger charge is 2.03. The maximum atomic E-state index is 10.4. The van der Waals surface area contributed by atoms with E-state index >= 15 is 0 Å². The summed E-state index contributed by atoms with van der Waals surface area (Å²) in [5, 5.41) is 8.58. The van der Waals surface area contributed by atoms with Crippen molar-refractivity contribution in [2.24, 2.45) is 0 Å². The summed E-state index contributed by atoms with van der Waals surface area (Å²) in [4.78, 5) is 10.4. The molecule has 0 spiro atoms. The van der Waals surface area contributed by atoms with Gasteiger partial charge >= 0.3 is 5.97 Å². The van der Waals surface area contributed by atoms with E-state index in [0.29, 0.717) is 0 Å². The molecule has 0 aromatic heterocycles. The van der Waals surface area contributed by atoms with E-state index in [1.54, 1.807) is 6.08 Å². The van der Waals surface area contributed by atoms with E-state index in [-0.39, 0.29) is 5.38 Å². The van der Waals surface area contributed by atoms with Gasteiger partial charge in [0.1, 0.15) is 0 Å². The second kappa shape index (κ2) is 5.56. The fraction of sp³-hybridized carbons (Fsp3) is 0.250. The van der Waals surface area contributed by atoms with Crippen LogP contribution in [0.3, 0.4) is 0 Å². The van der Waals surface area contributed by atoms with Crippen LogP contribution < -0.4 is 0 Å². The number of hydrogen-bond acceptors (Lipinski definition) is 1. The lowest BCUT2D eigenvalue weighted by molar-refractivity contribution is -0.131. The molecule has 1 atom stereocenters. The van der Waals surface area contributed by atoms with Crippen molar-refractivity contribution in [1.82, 2.24) is 0 Å². The van der Waals surface area contributed by atoms with Gasteiger partial charge in [-0.05, 0) is 30.5 Å². The maximum Gasteiger partial charge on any atom is 0.328 e. The van der Waals surface area contributed by atoms with Gasteiger partial charge in [-0.1, -0.05) is 24.3 Å². The number of benzene rings is 1. The highest BCUT2D eigenvalue weighted by Crippen LogP contribution is 2.14. The minimum absolute atomic E-state index is 0.0457. The second-order valence-corrected chi connectivity index (χ2v) is 4.10. The molecule has 1 aromatic carbocycles. The molecule has 0 aliphatic carbocycles. The highest BCUT2D eigenvalue weighted by atomic mass is 35.5. The molecule has 0 saturated heterocycles. The zero-order chi connectivity index (χ0) is 11.3. The number of halogens is 1. The number of carboxylic acids is 1. The second-order valence-electron chi connectivity index (χ2n) is 3.36. The predicted molar refractivity (Wildman–Crippen MR) is 62.1 cm³/mol. The van der Waals surface area contributed by atoms with Gasteiger partial charge in [-0.25, -0.2) is 4.79 Å². The summed E-state index contributed by atoms with van der Waals surface area (Å²) >= 11 is 5.91. The fourth-order valence-electron chi connectivity index (χ4n) is 1.35. The summed E-state index contributed by atoms with van der Waals surface area (Å²) in [6.07, 6.45) is 3.47. The van der Waals surface area contributed by atoms with Crippen molar-refractivity contribution in [3.8, 4) is 0 Å². The van der Waals surface area contributed by atoms with Gasteiger partial charge in [0.2, 0.25) is 0 Å². The van der Waals surface area contributed by atoms with Crippen molar-refractivity contribution >= 4 is 23.6 Å². The summed E-state index contributed by atoms with van der Waals surface area (Å²) in [5.41, 5.74) is 1.98. The largest absolute Gasteiger partial charge is 0.478 e. The molecule has 0 bridgehead atoms. The Hall–Kier alpha value is -1.28. The zero-order valence-electron chi connectivity index (χ0n) is 8.48. The van der Waals surface area contributed by atoms with Gasteiger partial charge in [0.15, 0.2) is 0 Å². The molecule has 0 heterocycles. The molecule has 0 aliphatic rings. The predicted octanol–water partition coefficient (Wildman–Crippen LogP) is 2.95. The Bertz CT molecular complexity index is 370. The van der Waals surface area contributed by atoms with E-state index in [1.807, 2.05) is 31.2 Å². The number of carboxylic acid groups (broad SMARTS) is 1. The Labute approximate surface area is 94.2 Å². The standard InChI is InChI=1S/C12H13ClO2/c1-9(13)8-11-5-3-2-4-10(11)6-7-12(14)15/h2-7,9H,8H2,1H3,(H,14,15)/b7-6+. The van der Waals surface area contributed by atoms with Gasteiger partial charge in [0, 0.05) is 11.5 Å². The summed E-state index contributed by atoms with van der Waals surface area (Å²) in [7, 11) is 0.